The van der Waals surface area contributed by atoms with Crippen LogP contribution in [0.1, 0.15) is 19.3 Å². The van der Waals surface area contributed by atoms with Gasteiger partial charge in [-0.05, 0) is 0 Å². The quantitative estimate of drug-likeness (QED) is 0.450. The summed E-state index contributed by atoms with van der Waals surface area (Å²) in [6.45, 7) is -2.20. The van der Waals surface area contributed by atoms with Gasteiger partial charge in [0.25, 0.3) is 0 Å². The molecule has 0 aromatic carbocycles. The smallest absolute Gasteiger partial charge is 0.395 e. The maximum atomic E-state index is 12.9. The van der Waals surface area contributed by atoms with Gasteiger partial charge in [0.1, 0.15) is 0 Å². The number of nitrogens with one attached hydrogen (secondary N) is 2. The van der Waals surface area contributed by atoms with E-state index >= 15 is 0 Å². The summed E-state index contributed by atoms with van der Waals surface area (Å²) < 4.78 is 86.9. The van der Waals surface area contributed by atoms with E-state index in [4.69, 9.17) is 5.11 Å². The Kier molecular flexibility index (Phi) is 6.50. The van der Waals surface area contributed by atoms with E-state index in [1.807, 2.05) is 5.32 Å². The zero-order valence-electron chi connectivity index (χ0n) is 13.2. The molecule has 0 bridgehead atoms. The normalized spacial score (nSPS) is 20.0. The molecule has 2 amide bonds. The highest BCUT2D eigenvalue weighted by Gasteiger charge is 2.60. The highest BCUT2D eigenvalue weighted by Crippen LogP contribution is 2.51. The van der Waals surface area contributed by atoms with Crippen LogP contribution in [0.4, 0.5) is 30.7 Å². The molecule has 1 rings (SSSR count). The fourth-order valence-electron chi connectivity index (χ4n) is 2.35. The molecular formula is C13H17F7N2O4. The molecular weight excluding hydrogens is 381 g/mol. The van der Waals surface area contributed by atoms with Gasteiger partial charge < -0.3 is 20.8 Å². The lowest BCUT2D eigenvalue weighted by molar-refractivity contribution is -0.281. The minimum atomic E-state index is -5.90. The molecule has 0 spiro atoms. The number of halogens is 7. The van der Waals surface area contributed by atoms with Crippen molar-refractivity contribution in [3.63, 3.8) is 0 Å². The minimum absolute atomic E-state index is 0.595. The van der Waals surface area contributed by atoms with Crippen molar-refractivity contribution < 1.29 is 50.5 Å². The molecule has 0 aliphatic heterocycles. The topological polar surface area (TPSA) is 98.7 Å². The Bertz CT molecular complexity index is 531. The number of hydrogen-bond acceptors (Lipinski definition) is 4. The van der Waals surface area contributed by atoms with Crippen LogP contribution < -0.4 is 10.6 Å². The standard InChI is InChI=1S/C13H17F7N2O4/c14-11(15)4-10(5-11,6-23)9(26)22-3-7(24)2-21-8(25)1-12(16,17)13(18,19)20/h7,23-24H,1-6H2,(H,21,25)(H,22,26). The number of rotatable bonds is 8. The van der Waals surface area contributed by atoms with Crippen LogP contribution in [-0.2, 0) is 9.59 Å². The first-order valence-corrected chi connectivity index (χ1v) is 7.30. The van der Waals surface area contributed by atoms with Crippen LogP contribution >= 0.6 is 0 Å². The van der Waals surface area contributed by atoms with Crippen molar-refractivity contribution in [2.75, 3.05) is 19.7 Å². The minimum Gasteiger partial charge on any atom is -0.395 e. The van der Waals surface area contributed by atoms with Gasteiger partial charge in [-0.3, -0.25) is 9.59 Å². The SMILES string of the molecule is O=C(CC(F)(F)C(F)(F)F)NCC(O)CNC(=O)C1(CO)CC(F)(F)C1. The van der Waals surface area contributed by atoms with Crippen LogP contribution in [0.25, 0.3) is 0 Å². The van der Waals surface area contributed by atoms with Crippen molar-refractivity contribution in [2.45, 2.75) is 43.4 Å². The number of carbonyl (C=O) groups excluding carboxylic acids is 2. The first-order chi connectivity index (χ1) is 11.6. The highest BCUT2D eigenvalue weighted by molar-refractivity contribution is 5.84. The van der Waals surface area contributed by atoms with Crippen LogP contribution in [-0.4, -0.2) is 65.8 Å². The molecule has 0 radical (unpaired) electrons. The van der Waals surface area contributed by atoms with Crippen molar-refractivity contribution in [3.05, 3.63) is 0 Å². The molecule has 0 aromatic heterocycles. The molecule has 1 atom stereocenters. The lowest BCUT2D eigenvalue weighted by Gasteiger charge is -2.44. The molecule has 0 aromatic rings. The summed E-state index contributed by atoms with van der Waals surface area (Å²) in [5, 5.41) is 22.3. The van der Waals surface area contributed by atoms with Crippen LogP contribution in [0, 0.1) is 5.41 Å². The summed E-state index contributed by atoms with van der Waals surface area (Å²) in [6, 6.07) is 0. The summed E-state index contributed by atoms with van der Waals surface area (Å²) in [7, 11) is 0. The molecule has 1 aliphatic rings. The van der Waals surface area contributed by atoms with Crippen molar-refractivity contribution in [2.24, 2.45) is 5.41 Å². The van der Waals surface area contributed by atoms with E-state index < -0.39 is 80.3 Å². The molecule has 0 heterocycles. The molecule has 1 aliphatic carbocycles. The van der Waals surface area contributed by atoms with E-state index in [1.54, 1.807) is 5.32 Å². The first kappa shape index (κ1) is 22.4. The van der Waals surface area contributed by atoms with Gasteiger partial charge in [0.05, 0.1) is 24.5 Å². The van der Waals surface area contributed by atoms with Gasteiger partial charge in [-0.15, -0.1) is 0 Å². The van der Waals surface area contributed by atoms with E-state index in [-0.39, 0.29) is 0 Å². The van der Waals surface area contributed by atoms with Gasteiger partial charge in [0.2, 0.25) is 17.7 Å². The molecule has 6 nitrogen and oxygen atoms in total. The van der Waals surface area contributed by atoms with Gasteiger partial charge in [0.15, 0.2) is 0 Å². The monoisotopic (exact) mass is 398 g/mol. The Labute approximate surface area is 142 Å². The molecule has 26 heavy (non-hydrogen) atoms. The molecule has 13 heteroatoms. The fourth-order valence-corrected chi connectivity index (χ4v) is 2.35. The van der Waals surface area contributed by atoms with Gasteiger partial charge in [-0.2, -0.15) is 22.0 Å². The number of hydrogen-bond donors (Lipinski definition) is 4. The lowest BCUT2D eigenvalue weighted by Crippen LogP contribution is -2.58. The van der Waals surface area contributed by atoms with Crippen LogP contribution in [0.2, 0.25) is 0 Å². The van der Waals surface area contributed by atoms with E-state index in [1.165, 1.54) is 0 Å². The fraction of sp³-hybridized carbons (Fsp3) is 0.846. The molecule has 4 N–H and O–H groups in total. The second-order valence-electron chi connectivity index (χ2n) is 6.19. The first-order valence-electron chi connectivity index (χ1n) is 7.30. The molecule has 1 unspecified atom stereocenters. The van der Waals surface area contributed by atoms with Crippen molar-refractivity contribution in [1.82, 2.24) is 10.6 Å². The second kappa shape index (κ2) is 7.55. The molecule has 1 saturated carbocycles. The van der Waals surface area contributed by atoms with E-state index in [0.29, 0.717) is 0 Å². The number of alkyl halides is 7. The maximum absolute atomic E-state index is 12.9. The summed E-state index contributed by atoms with van der Waals surface area (Å²) in [4.78, 5) is 22.9. The highest BCUT2D eigenvalue weighted by atomic mass is 19.4. The number of carbonyl (C=O) groups is 2. The van der Waals surface area contributed by atoms with Crippen molar-refractivity contribution >= 4 is 11.8 Å². The Balaban J connectivity index is 2.38. The van der Waals surface area contributed by atoms with Gasteiger partial charge >= 0.3 is 12.1 Å². The summed E-state index contributed by atoms with van der Waals surface area (Å²) in [5.74, 6) is -11.0. The average molecular weight is 398 g/mol. The van der Waals surface area contributed by atoms with Gasteiger partial charge in [-0.1, -0.05) is 0 Å². The van der Waals surface area contributed by atoms with E-state index in [2.05, 4.69) is 0 Å². The van der Waals surface area contributed by atoms with Gasteiger partial charge in [0, 0.05) is 25.9 Å². The molecule has 0 saturated heterocycles. The third-order valence-corrected chi connectivity index (χ3v) is 3.81. The Hall–Kier alpha value is -1.63. The Morgan fingerprint density at radius 2 is 1.54 bits per heavy atom. The summed E-state index contributed by atoms with van der Waals surface area (Å²) >= 11 is 0. The predicted octanol–water partition coefficient (Wildman–Crippen LogP) is 0.575. The Morgan fingerprint density at radius 1 is 1.04 bits per heavy atom. The average Bonchev–Trinajstić information content (AvgIpc) is 2.45. The van der Waals surface area contributed by atoms with Crippen LogP contribution in [0.15, 0.2) is 0 Å². The maximum Gasteiger partial charge on any atom is 0.453 e. The molecule has 152 valence electrons. The van der Waals surface area contributed by atoms with Crippen LogP contribution in [0.3, 0.4) is 0 Å². The zero-order valence-corrected chi connectivity index (χ0v) is 13.2. The third kappa shape index (κ3) is 5.43. The predicted molar refractivity (Wildman–Crippen MR) is 71.3 cm³/mol. The lowest BCUT2D eigenvalue weighted by atomic mass is 9.66. The van der Waals surface area contributed by atoms with E-state index in [0.717, 1.165) is 0 Å². The number of aliphatic hydroxyl groups is 2. The van der Waals surface area contributed by atoms with Crippen molar-refractivity contribution in [3.8, 4) is 0 Å². The van der Waals surface area contributed by atoms with Crippen molar-refractivity contribution in [1.29, 1.82) is 0 Å². The zero-order chi connectivity index (χ0) is 20.4. The largest absolute Gasteiger partial charge is 0.453 e. The van der Waals surface area contributed by atoms with Crippen LogP contribution in [0.5, 0.6) is 0 Å². The molecule has 1 fully saturated rings. The van der Waals surface area contributed by atoms with E-state index in [9.17, 15) is 45.4 Å². The second-order valence-corrected chi connectivity index (χ2v) is 6.19. The van der Waals surface area contributed by atoms with Gasteiger partial charge in [-0.25, -0.2) is 8.78 Å². The summed E-state index contributed by atoms with van der Waals surface area (Å²) in [6.07, 6.45) is -11.4. The third-order valence-electron chi connectivity index (χ3n) is 3.81. The number of amides is 2. The number of aliphatic hydroxyl groups excluding tert-OH is 2. The summed E-state index contributed by atoms with van der Waals surface area (Å²) in [5.41, 5.74) is -1.71. The Morgan fingerprint density at radius 3 is 1.96 bits per heavy atom.